The maximum absolute atomic E-state index is 14.1. The Balaban J connectivity index is 2.19. The lowest BCUT2D eigenvalue weighted by atomic mass is 10.2. The molecule has 0 aliphatic heterocycles. The Labute approximate surface area is 134 Å². The van der Waals surface area contributed by atoms with E-state index in [9.17, 15) is 4.39 Å². The number of halogens is 2. The molecule has 1 N–H and O–H groups in total. The molecular formula is C17H19ClFNS. The maximum atomic E-state index is 14.1. The monoisotopic (exact) mass is 323 g/mol. The van der Waals surface area contributed by atoms with E-state index in [1.165, 1.54) is 17.8 Å². The van der Waals surface area contributed by atoms with E-state index in [2.05, 4.69) is 19.2 Å². The number of hydrogen-bond acceptors (Lipinski definition) is 2. The van der Waals surface area contributed by atoms with Gasteiger partial charge in [0.15, 0.2) is 0 Å². The van der Waals surface area contributed by atoms with Gasteiger partial charge in [0.25, 0.3) is 0 Å². The van der Waals surface area contributed by atoms with Crippen LogP contribution in [0.3, 0.4) is 0 Å². The third-order valence-electron chi connectivity index (χ3n) is 2.99. The first-order valence-electron chi connectivity index (χ1n) is 6.98. The molecule has 0 atom stereocenters. The van der Waals surface area contributed by atoms with Gasteiger partial charge < -0.3 is 5.32 Å². The van der Waals surface area contributed by atoms with Gasteiger partial charge in [-0.05, 0) is 36.7 Å². The summed E-state index contributed by atoms with van der Waals surface area (Å²) in [7, 11) is 0. The molecule has 112 valence electrons. The standard InChI is InChI=1S/C17H19ClFNS/c1-12(2)10-20-11-13-15(19)7-5-9-16(13)21-17-8-4-3-6-14(17)18/h3-9,12,20H,10-11H2,1-2H3. The Bertz CT molecular complexity index is 601. The van der Waals surface area contributed by atoms with Crippen LogP contribution in [-0.2, 0) is 6.54 Å². The molecule has 0 heterocycles. The zero-order chi connectivity index (χ0) is 15.2. The van der Waals surface area contributed by atoms with Crippen LogP contribution in [0, 0.1) is 11.7 Å². The summed E-state index contributed by atoms with van der Waals surface area (Å²) in [5.74, 6) is 0.361. The van der Waals surface area contributed by atoms with E-state index >= 15 is 0 Å². The van der Waals surface area contributed by atoms with Crippen molar-refractivity contribution in [2.75, 3.05) is 6.54 Å². The van der Waals surface area contributed by atoms with Crippen molar-refractivity contribution in [2.24, 2.45) is 5.92 Å². The molecule has 0 unspecified atom stereocenters. The van der Waals surface area contributed by atoms with Gasteiger partial charge >= 0.3 is 0 Å². The molecule has 0 aliphatic rings. The Morgan fingerprint density at radius 2 is 1.81 bits per heavy atom. The van der Waals surface area contributed by atoms with Crippen LogP contribution >= 0.6 is 23.4 Å². The van der Waals surface area contributed by atoms with Gasteiger partial charge in [-0.3, -0.25) is 0 Å². The average molecular weight is 324 g/mol. The summed E-state index contributed by atoms with van der Waals surface area (Å²) in [6.45, 7) is 5.66. The lowest BCUT2D eigenvalue weighted by Crippen LogP contribution is -2.20. The topological polar surface area (TPSA) is 12.0 Å². The van der Waals surface area contributed by atoms with Crippen molar-refractivity contribution < 1.29 is 4.39 Å². The second-order valence-corrected chi connectivity index (χ2v) is 6.76. The summed E-state index contributed by atoms with van der Waals surface area (Å²) >= 11 is 7.68. The fourth-order valence-electron chi connectivity index (χ4n) is 1.94. The SMILES string of the molecule is CC(C)CNCc1c(F)cccc1Sc1ccccc1Cl. The maximum Gasteiger partial charge on any atom is 0.128 e. The van der Waals surface area contributed by atoms with Crippen LogP contribution in [0.2, 0.25) is 5.02 Å². The van der Waals surface area contributed by atoms with Gasteiger partial charge in [-0.15, -0.1) is 0 Å². The fraction of sp³-hybridized carbons (Fsp3) is 0.294. The van der Waals surface area contributed by atoms with Gasteiger partial charge in [-0.1, -0.05) is 55.4 Å². The van der Waals surface area contributed by atoms with Crippen LogP contribution in [0.15, 0.2) is 52.3 Å². The molecule has 0 radical (unpaired) electrons. The number of hydrogen-bond donors (Lipinski definition) is 1. The molecule has 0 spiro atoms. The van der Waals surface area contributed by atoms with Gasteiger partial charge in [0.2, 0.25) is 0 Å². The zero-order valence-corrected chi connectivity index (χ0v) is 13.8. The highest BCUT2D eigenvalue weighted by Gasteiger charge is 2.11. The predicted octanol–water partition coefficient (Wildman–Crippen LogP) is 5.38. The van der Waals surface area contributed by atoms with Crippen molar-refractivity contribution in [1.29, 1.82) is 0 Å². The van der Waals surface area contributed by atoms with Crippen LogP contribution < -0.4 is 5.32 Å². The normalized spacial score (nSPS) is 11.1. The van der Waals surface area contributed by atoms with E-state index in [1.54, 1.807) is 6.07 Å². The van der Waals surface area contributed by atoms with Gasteiger partial charge in [0, 0.05) is 21.9 Å². The lowest BCUT2D eigenvalue weighted by Gasteiger charge is -2.13. The van der Waals surface area contributed by atoms with E-state index in [-0.39, 0.29) is 5.82 Å². The van der Waals surface area contributed by atoms with Crippen LogP contribution in [-0.4, -0.2) is 6.54 Å². The van der Waals surface area contributed by atoms with Crippen molar-refractivity contribution in [3.05, 3.63) is 58.9 Å². The molecule has 2 aromatic rings. The first-order valence-corrected chi connectivity index (χ1v) is 8.18. The van der Waals surface area contributed by atoms with Crippen LogP contribution in [0.5, 0.6) is 0 Å². The van der Waals surface area contributed by atoms with Crippen molar-refractivity contribution in [3.63, 3.8) is 0 Å². The Morgan fingerprint density at radius 3 is 2.52 bits per heavy atom. The molecule has 21 heavy (non-hydrogen) atoms. The Morgan fingerprint density at radius 1 is 1.10 bits per heavy atom. The largest absolute Gasteiger partial charge is 0.312 e. The summed E-state index contributed by atoms with van der Waals surface area (Å²) in [6.07, 6.45) is 0. The van der Waals surface area contributed by atoms with Crippen molar-refractivity contribution in [2.45, 2.75) is 30.2 Å². The minimum absolute atomic E-state index is 0.177. The predicted molar refractivity (Wildman–Crippen MR) is 88.5 cm³/mol. The third kappa shape index (κ3) is 4.73. The summed E-state index contributed by atoms with van der Waals surface area (Å²) in [5, 5.41) is 3.98. The molecule has 4 heteroatoms. The molecule has 1 nitrogen and oxygen atoms in total. The minimum Gasteiger partial charge on any atom is -0.312 e. The third-order valence-corrected chi connectivity index (χ3v) is 4.61. The highest BCUT2D eigenvalue weighted by molar-refractivity contribution is 7.99. The van der Waals surface area contributed by atoms with Gasteiger partial charge in [-0.25, -0.2) is 4.39 Å². The van der Waals surface area contributed by atoms with E-state index in [1.807, 2.05) is 30.3 Å². The Hall–Kier alpha value is -1.03. The van der Waals surface area contributed by atoms with Crippen LogP contribution in [0.1, 0.15) is 19.4 Å². The molecule has 0 saturated carbocycles. The molecular weight excluding hydrogens is 305 g/mol. The van der Waals surface area contributed by atoms with Crippen molar-refractivity contribution >= 4 is 23.4 Å². The van der Waals surface area contributed by atoms with Gasteiger partial charge in [-0.2, -0.15) is 0 Å². The number of benzene rings is 2. The zero-order valence-electron chi connectivity index (χ0n) is 12.2. The highest BCUT2D eigenvalue weighted by atomic mass is 35.5. The molecule has 0 aromatic heterocycles. The summed E-state index contributed by atoms with van der Waals surface area (Å²) in [4.78, 5) is 1.84. The Kier molecular flexibility index (Phi) is 6.09. The van der Waals surface area contributed by atoms with Gasteiger partial charge in [0.1, 0.15) is 5.82 Å². The van der Waals surface area contributed by atoms with E-state index in [0.29, 0.717) is 23.0 Å². The molecule has 0 fully saturated rings. The highest BCUT2D eigenvalue weighted by Crippen LogP contribution is 2.35. The van der Waals surface area contributed by atoms with Crippen LogP contribution in [0.4, 0.5) is 4.39 Å². The number of rotatable bonds is 6. The number of nitrogens with one attached hydrogen (secondary N) is 1. The van der Waals surface area contributed by atoms with E-state index in [4.69, 9.17) is 11.6 Å². The summed E-state index contributed by atoms with van der Waals surface area (Å²) < 4.78 is 14.1. The van der Waals surface area contributed by atoms with Gasteiger partial charge in [0.05, 0.1) is 5.02 Å². The first-order chi connectivity index (χ1) is 10.1. The van der Waals surface area contributed by atoms with Crippen molar-refractivity contribution in [1.82, 2.24) is 5.32 Å². The quantitative estimate of drug-likeness (QED) is 0.766. The van der Waals surface area contributed by atoms with Crippen molar-refractivity contribution in [3.8, 4) is 0 Å². The average Bonchev–Trinajstić information content (AvgIpc) is 2.44. The second-order valence-electron chi connectivity index (χ2n) is 5.27. The minimum atomic E-state index is -0.177. The van der Waals surface area contributed by atoms with E-state index in [0.717, 1.165) is 16.3 Å². The smallest absolute Gasteiger partial charge is 0.128 e. The molecule has 2 aromatic carbocycles. The first kappa shape index (κ1) is 16.3. The summed E-state index contributed by atoms with van der Waals surface area (Å²) in [6, 6.07) is 12.8. The molecule has 0 saturated heterocycles. The molecule has 0 bridgehead atoms. The second kappa shape index (κ2) is 7.83. The van der Waals surface area contributed by atoms with Crippen LogP contribution in [0.25, 0.3) is 0 Å². The molecule has 2 rings (SSSR count). The fourth-order valence-corrected chi connectivity index (χ4v) is 3.18. The van der Waals surface area contributed by atoms with E-state index < -0.39 is 0 Å². The lowest BCUT2D eigenvalue weighted by molar-refractivity contribution is 0.530. The molecule has 0 aliphatic carbocycles. The summed E-state index contributed by atoms with van der Waals surface area (Å²) in [5.41, 5.74) is 0.697. The molecule has 0 amide bonds.